The summed E-state index contributed by atoms with van der Waals surface area (Å²) in [7, 11) is 0. The van der Waals surface area contributed by atoms with Gasteiger partial charge >= 0.3 is 0 Å². The Morgan fingerprint density at radius 3 is 2.46 bits per heavy atom. The van der Waals surface area contributed by atoms with Gasteiger partial charge in [-0.05, 0) is 5.56 Å². The van der Waals surface area contributed by atoms with E-state index >= 15 is 0 Å². The Hall–Kier alpha value is -1.50. The lowest BCUT2D eigenvalue weighted by Crippen LogP contribution is -1.94. The maximum absolute atomic E-state index is 4.38. The Labute approximate surface area is 78.8 Å². The van der Waals surface area contributed by atoms with Crippen LogP contribution in [0.25, 0.3) is 10.9 Å². The zero-order valence-corrected chi connectivity index (χ0v) is 7.70. The molecule has 1 aromatic carbocycles. The van der Waals surface area contributed by atoms with Crippen molar-refractivity contribution in [1.82, 2.24) is 0 Å². The topological polar surface area (TPSA) is 14.1 Å². The van der Waals surface area contributed by atoms with Crippen molar-refractivity contribution < 1.29 is 0 Å². The Balaban J connectivity index is 2.29. The molecule has 0 aromatic heterocycles. The Morgan fingerprint density at radius 1 is 1.08 bits per heavy atom. The van der Waals surface area contributed by atoms with Crippen molar-refractivity contribution in [3.63, 3.8) is 0 Å². The third-order valence-corrected chi connectivity index (χ3v) is 2.17. The van der Waals surface area contributed by atoms with Crippen LogP contribution >= 0.6 is 0 Å². The van der Waals surface area contributed by atoms with Crippen LogP contribution in [0.4, 0.5) is 0 Å². The van der Waals surface area contributed by atoms with Gasteiger partial charge < -0.3 is 5.32 Å². The van der Waals surface area contributed by atoms with Crippen molar-refractivity contribution in [2.75, 3.05) is 6.54 Å². The molecule has 1 heteroatoms. The molecule has 1 aliphatic heterocycles. The number of nitrogens with zero attached hydrogens (tertiary/aromatic N) is 1. The van der Waals surface area contributed by atoms with Crippen molar-refractivity contribution in [1.29, 1.82) is 0 Å². The van der Waals surface area contributed by atoms with Crippen LogP contribution in [0.1, 0.15) is 12.5 Å². The van der Waals surface area contributed by atoms with Crippen molar-refractivity contribution in [3.8, 4) is 0 Å². The Bertz CT molecular complexity index is 347. The van der Waals surface area contributed by atoms with Crippen molar-refractivity contribution in [2.24, 2.45) is 0 Å². The molecule has 0 saturated heterocycles. The second-order valence-corrected chi connectivity index (χ2v) is 3.18. The zero-order chi connectivity index (χ0) is 9.10. The first kappa shape index (κ1) is 8.11. The normalized spacial score (nSPS) is 15.8. The van der Waals surface area contributed by atoms with E-state index in [1.54, 1.807) is 0 Å². The van der Waals surface area contributed by atoms with Crippen LogP contribution < -0.4 is 0 Å². The number of benzene rings is 1. The highest BCUT2D eigenvalue weighted by Gasteiger charge is 1.96. The van der Waals surface area contributed by atoms with E-state index in [0.29, 0.717) is 0 Å². The van der Waals surface area contributed by atoms with E-state index < -0.39 is 0 Å². The summed E-state index contributed by atoms with van der Waals surface area (Å²) in [6, 6.07) is 10.4. The Kier molecular flexibility index (Phi) is 2.17. The molecule has 0 N–H and O–H groups in total. The average Bonchev–Trinajstić information content (AvgIpc) is 2.20. The van der Waals surface area contributed by atoms with Crippen molar-refractivity contribution in [3.05, 3.63) is 59.1 Å². The molecular formula is C12H12N-. The van der Waals surface area contributed by atoms with Crippen LogP contribution in [-0.4, -0.2) is 6.54 Å². The van der Waals surface area contributed by atoms with Crippen LogP contribution in [0, 0.1) is 0 Å². The molecule has 0 bridgehead atoms. The fourth-order valence-electron chi connectivity index (χ4n) is 1.38. The largest absolute Gasteiger partial charge is 0.684 e. The molecule has 1 heterocycles. The van der Waals surface area contributed by atoms with Gasteiger partial charge in [0.05, 0.1) is 0 Å². The summed E-state index contributed by atoms with van der Waals surface area (Å²) < 4.78 is 0. The van der Waals surface area contributed by atoms with Crippen LogP contribution in [0.3, 0.4) is 0 Å². The first-order valence-electron chi connectivity index (χ1n) is 4.46. The molecule has 0 atom stereocenters. The fourth-order valence-corrected chi connectivity index (χ4v) is 1.38. The number of rotatable bonds is 1. The highest BCUT2D eigenvalue weighted by Crippen LogP contribution is 2.22. The first-order chi connectivity index (χ1) is 6.36. The molecule has 0 fully saturated rings. The lowest BCUT2D eigenvalue weighted by Gasteiger charge is -2.27. The van der Waals surface area contributed by atoms with Gasteiger partial charge in [0.15, 0.2) is 0 Å². The smallest absolute Gasteiger partial charge is 0.0240 e. The molecule has 0 radical (unpaired) electrons. The van der Waals surface area contributed by atoms with Gasteiger partial charge in [-0.2, -0.15) is 5.70 Å². The van der Waals surface area contributed by atoms with Crippen molar-refractivity contribution >= 4 is 5.57 Å². The first-order valence-corrected chi connectivity index (χ1v) is 4.46. The summed E-state index contributed by atoms with van der Waals surface area (Å²) in [6.07, 6.45) is 4.21. The van der Waals surface area contributed by atoms with Gasteiger partial charge in [0, 0.05) is 0 Å². The second kappa shape index (κ2) is 3.48. The molecule has 13 heavy (non-hydrogen) atoms. The molecule has 0 saturated carbocycles. The predicted molar refractivity (Wildman–Crippen MR) is 56.4 cm³/mol. The second-order valence-electron chi connectivity index (χ2n) is 3.18. The Morgan fingerprint density at radius 2 is 1.85 bits per heavy atom. The van der Waals surface area contributed by atoms with Crippen molar-refractivity contribution in [2.45, 2.75) is 6.92 Å². The molecule has 1 aromatic rings. The van der Waals surface area contributed by atoms with Crippen LogP contribution in [0.5, 0.6) is 0 Å². The molecule has 66 valence electrons. The van der Waals surface area contributed by atoms with Crippen LogP contribution in [0.15, 0.2) is 48.2 Å². The maximum atomic E-state index is 4.38. The van der Waals surface area contributed by atoms with Gasteiger partial charge in [0.25, 0.3) is 0 Å². The lowest BCUT2D eigenvalue weighted by atomic mass is 10.0. The van der Waals surface area contributed by atoms with E-state index in [0.717, 1.165) is 12.2 Å². The molecule has 2 rings (SSSR count). The maximum Gasteiger partial charge on any atom is -0.0240 e. The van der Waals surface area contributed by atoms with Gasteiger partial charge in [-0.15, -0.1) is 6.54 Å². The van der Waals surface area contributed by atoms with E-state index in [4.69, 9.17) is 0 Å². The van der Waals surface area contributed by atoms with Gasteiger partial charge in [-0.3, -0.25) is 0 Å². The SMILES string of the molecule is CC1=CC=C(c2ccccc2)C[N-]1. The number of hydrogen-bond acceptors (Lipinski definition) is 0. The molecule has 0 unspecified atom stereocenters. The van der Waals surface area contributed by atoms with E-state index in [1.807, 2.05) is 13.0 Å². The van der Waals surface area contributed by atoms with Gasteiger partial charge in [-0.25, -0.2) is 0 Å². The minimum atomic E-state index is 0.812. The molecular weight excluding hydrogens is 158 g/mol. The minimum absolute atomic E-state index is 0.812. The summed E-state index contributed by atoms with van der Waals surface area (Å²) >= 11 is 0. The third-order valence-electron chi connectivity index (χ3n) is 2.17. The van der Waals surface area contributed by atoms with Gasteiger partial charge in [0.1, 0.15) is 0 Å². The lowest BCUT2D eigenvalue weighted by molar-refractivity contribution is 1.29. The fraction of sp³-hybridized carbons (Fsp3) is 0.167. The monoisotopic (exact) mass is 170 g/mol. The summed E-state index contributed by atoms with van der Waals surface area (Å²) in [5, 5.41) is 4.38. The van der Waals surface area contributed by atoms with Crippen LogP contribution in [-0.2, 0) is 0 Å². The molecule has 0 amide bonds. The van der Waals surface area contributed by atoms with E-state index in [2.05, 4.69) is 41.7 Å². The van der Waals surface area contributed by atoms with Crippen LogP contribution in [0.2, 0.25) is 0 Å². The highest BCUT2D eigenvalue weighted by molar-refractivity contribution is 5.72. The highest BCUT2D eigenvalue weighted by atomic mass is 14.9. The van der Waals surface area contributed by atoms with E-state index in [-0.39, 0.29) is 0 Å². The third kappa shape index (κ3) is 1.81. The minimum Gasteiger partial charge on any atom is -0.684 e. The predicted octanol–water partition coefficient (Wildman–Crippen LogP) is 3.36. The quantitative estimate of drug-likeness (QED) is 0.613. The van der Waals surface area contributed by atoms with E-state index in [9.17, 15) is 0 Å². The summed E-state index contributed by atoms with van der Waals surface area (Å²) in [5.74, 6) is 0. The van der Waals surface area contributed by atoms with Gasteiger partial charge in [-0.1, -0.05) is 55.0 Å². The molecule has 0 spiro atoms. The van der Waals surface area contributed by atoms with E-state index in [1.165, 1.54) is 11.1 Å². The molecule has 1 nitrogen and oxygen atoms in total. The molecule has 1 aliphatic rings. The number of hydrogen-bond donors (Lipinski definition) is 0. The number of allylic oxidation sites excluding steroid dienone is 3. The van der Waals surface area contributed by atoms with Gasteiger partial charge in [0.2, 0.25) is 0 Å². The average molecular weight is 170 g/mol. The summed E-state index contributed by atoms with van der Waals surface area (Å²) in [6.45, 7) is 2.84. The zero-order valence-electron chi connectivity index (χ0n) is 7.70. The summed E-state index contributed by atoms with van der Waals surface area (Å²) in [5.41, 5.74) is 3.68. The molecule has 0 aliphatic carbocycles. The summed E-state index contributed by atoms with van der Waals surface area (Å²) in [4.78, 5) is 0. The standard InChI is InChI=1S/C12H12N/c1-10-7-8-12(9-13-10)11-5-3-2-4-6-11/h2-8H,9H2,1H3/q-1.